The van der Waals surface area contributed by atoms with E-state index in [0.29, 0.717) is 10.7 Å². The Labute approximate surface area is 129 Å². The summed E-state index contributed by atoms with van der Waals surface area (Å²) in [6.45, 7) is 0.241. The van der Waals surface area contributed by atoms with Gasteiger partial charge in [0.1, 0.15) is 0 Å². The molecular formula is C17H17ClN2O. The first-order valence-corrected chi connectivity index (χ1v) is 7.49. The molecule has 0 aliphatic heterocycles. The summed E-state index contributed by atoms with van der Waals surface area (Å²) >= 11 is 5.89. The van der Waals surface area contributed by atoms with Gasteiger partial charge >= 0.3 is 0 Å². The highest BCUT2D eigenvalue weighted by molar-refractivity contribution is 6.30. The lowest BCUT2D eigenvalue weighted by molar-refractivity contribution is -0.114. The van der Waals surface area contributed by atoms with Crippen molar-refractivity contribution in [3.8, 4) is 0 Å². The maximum atomic E-state index is 11.9. The zero-order chi connectivity index (χ0) is 14.7. The molecule has 1 amide bonds. The third-order valence-electron chi connectivity index (χ3n) is 3.66. The number of nitrogens with one attached hydrogen (secondary N) is 2. The second-order valence-electron chi connectivity index (χ2n) is 5.25. The first-order chi connectivity index (χ1) is 10.2. The lowest BCUT2D eigenvalue weighted by Gasteiger charge is -2.09. The Balaban J connectivity index is 1.56. The summed E-state index contributed by atoms with van der Waals surface area (Å²) in [5.74, 6) is -0.0854. The van der Waals surface area contributed by atoms with Gasteiger partial charge in [0.05, 0.1) is 6.54 Å². The first-order valence-electron chi connectivity index (χ1n) is 7.12. The zero-order valence-electron chi connectivity index (χ0n) is 11.7. The number of rotatable bonds is 4. The van der Waals surface area contributed by atoms with Gasteiger partial charge < -0.3 is 10.6 Å². The fourth-order valence-electron chi connectivity index (χ4n) is 2.64. The van der Waals surface area contributed by atoms with E-state index in [0.717, 1.165) is 12.1 Å². The summed E-state index contributed by atoms with van der Waals surface area (Å²) in [5, 5.41) is 6.59. The standard InChI is InChI=1S/C17H17ClN2O/c18-14-5-2-6-16(10-14)20-17(21)11-19-15-8-7-12-3-1-4-13(12)9-15/h2,5-10,19H,1,3-4,11H2,(H,20,21). The van der Waals surface area contributed by atoms with Crippen LogP contribution in [0.25, 0.3) is 0 Å². The highest BCUT2D eigenvalue weighted by Crippen LogP contribution is 2.24. The third kappa shape index (κ3) is 3.56. The molecule has 0 heterocycles. The topological polar surface area (TPSA) is 41.1 Å². The van der Waals surface area contributed by atoms with E-state index in [-0.39, 0.29) is 12.5 Å². The van der Waals surface area contributed by atoms with Gasteiger partial charge in [-0.25, -0.2) is 0 Å². The molecule has 3 rings (SSSR count). The van der Waals surface area contributed by atoms with Crippen LogP contribution in [0.15, 0.2) is 42.5 Å². The van der Waals surface area contributed by atoms with Crippen molar-refractivity contribution in [3.05, 3.63) is 58.6 Å². The SMILES string of the molecule is O=C(CNc1ccc2c(c1)CCC2)Nc1cccc(Cl)c1. The Morgan fingerprint density at radius 2 is 1.90 bits per heavy atom. The van der Waals surface area contributed by atoms with Crippen LogP contribution in [0.4, 0.5) is 11.4 Å². The van der Waals surface area contributed by atoms with Gasteiger partial charge in [0, 0.05) is 16.4 Å². The number of benzene rings is 2. The number of fused-ring (bicyclic) bond motifs is 1. The van der Waals surface area contributed by atoms with Gasteiger partial charge in [0.25, 0.3) is 0 Å². The first kappa shape index (κ1) is 14.0. The Bertz CT molecular complexity index is 670. The number of anilines is 2. The molecule has 3 nitrogen and oxygen atoms in total. The minimum absolute atomic E-state index is 0.0854. The van der Waals surface area contributed by atoms with Crippen molar-refractivity contribution >= 4 is 28.9 Å². The Kier molecular flexibility index (Phi) is 4.11. The molecule has 2 N–H and O–H groups in total. The van der Waals surface area contributed by atoms with Gasteiger partial charge in [0.2, 0.25) is 5.91 Å². The second-order valence-corrected chi connectivity index (χ2v) is 5.69. The summed E-state index contributed by atoms with van der Waals surface area (Å²) in [4.78, 5) is 11.9. The molecule has 1 aliphatic rings. The van der Waals surface area contributed by atoms with Gasteiger partial charge in [-0.3, -0.25) is 4.79 Å². The number of hydrogen-bond donors (Lipinski definition) is 2. The van der Waals surface area contributed by atoms with Crippen LogP contribution in [0.1, 0.15) is 17.5 Å². The van der Waals surface area contributed by atoms with Gasteiger partial charge in [0.15, 0.2) is 0 Å². The van der Waals surface area contributed by atoms with E-state index in [1.165, 1.54) is 24.0 Å². The lowest BCUT2D eigenvalue weighted by atomic mass is 10.1. The quantitative estimate of drug-likeness (QED) is 0.899. The van der Waals surface area contributed by atoms with Crippen molar-refractivity contribution in [3.63, 3.8) is 0 Å². The van der Waals surface area contributed by atoms with E-state index in [4.69, 9.17) is 11.6 Å². The molecule has 1 aliphatic carbocycles. The number of carbonyl (C=O) groups excluding carboxylic acids is 1. The molecule has 0 bridgehead atoms. The predicted molar refractivity (Wildman–Crippen MR) is 87.0 cm³/mol. The number of hydrogen-bond acceptors (Lipinski definition) is 2. The molecule has 2 aromatic carbocycles. The molecule has 108 valence electrons. The summed E-state index contributed by atoms with van der Waals surface area (Å²) in [7, 11) is 0. The highest BCUT2D eigenvalue weighted by Gasteiger charge is 2.11. The van der Waals surface area contributed by atoms with E-state index < -0.39 is 0 Å². The molecule has 0 aromatic heterocycles. The highest BCUT2D eigenvalue weighted by atomic mass is 35.5. The van der Waals surface area contributed by atoms with Crippen molar-refractivity contribution in [2.45, 2.75) is 19.3 Å². The van der Waals surface area contributed by atoms with E-state index in [2.05, 4.69) is 22.8 Å². The summed E-state index contributed by atoms with van der Waals surface area (Å²) in [5.41, 5.74) is 4.54. The van der Waals surface area contributed by atoms with E-state index in [1.54, 1.807) is 12.1 Å². The minimum Gasteiger partial charge on any atom is -0.376 e. The molecule has 0 fully saturated rings. The predicted octanol–water partition coefficient (Wildman–Crippen LogP) is 3.88. The van der Waals surface area contributed by atoms with Crippen LogP contribution in [0.5, 0.6) is 0 Å². The third-order valence-corrected chi connectivity index (χ3v) is 3.90. The molecule has 0 saturated carbocycles. The molecule has 0 spiro atoms. The Morgan fingerprint density at radius 3 is 2.76 bits per heavy atom. The molecule has 0 radical (unpaired) electrons. The Morgan fingerprint density at radius 1 is 1.05 bits per heavy atom. The maximum Gasteiger partial charge on any atom is 0.243 e. The van der Waals surface area contributed by atoms with Crippen LogP contribution in [-0.2, 0) is 17.6 Å². The lowest BCUT2D eigenvalue weighted by Crippen LogP contribution is -2.21. The molecule has 0 unspecified atom stereocenters. The molecule has 4 heteroatoms. The van der Waals surface area contributed by atoms with Crippen LogP contribution in [-0.4, -0.2) is 12.5 Å². The molecule has 0 saturated heterocycles. The van der Waals surface area contributed by atoms with Gasteiger partial charge in [-0.2, -0.15) is 0 Å². The van der Waals surface area contributed by atoms with Crippen molar-refractivity contribution in [1.29, 1.82) is 0 Å². The molecular weight excluding hydrogens is 284 g/mol. The normalized spacial score (nSPS) is 12.8. The summed E-state index contributed by atoms with van der Waals surface area (Å²) < 4.78 is 0. The van der Waals surface area contributed by atoms with Crippen LogP contribution < -0.4 is 10.6 Å². The van der Waals surface area contributed by atoms with Crippen molar-refractivity contribution in [1.82, 2.24) is 0 Å². The number of amides is 1. The number of carbonyl (C=O) groups is 1. The van der Waals surface area contributed by atoms with E-state index in [9.17, 15) is 4.79 Å². The minimum atomic E-state index is -0.0854. The largest absolute Gasteiger partial charge is 0.376 e. The van der Waals surface area contributed by atoms with Gasteiger partial charge in [-0.05, 0) is 60.7 Å². The second kappa shape index (κ2) is 6.19. The van der Waals surface area contributed by atoms with Crippen molar-refractivity contribution < 1.29 is 4.79 Å². The van der Waals surface area contributed by atoms with E-state index >= 15 is 0 Å². The number of halogens is 1. The van der Waals surface area contributed by atoms with Gasteiger partial charge in [-0.15, -0.1) is 0 Å². The van der Waals surface area contributed by atoms with Gasteiger partial charge in [-0.1, -0.05) is 23.7 Å². The van der Waals surface area contributed by atoms with Crippen LogP contribution in [0.2, 0.25) is 5.02 Å². The monoisotopic (exact) mass is 300 g/mol. The number of aryl methyl sites for hydroxylation is 2. The molecule has 0 atom stereocenters. The van der Waals surface area contributed by atoms with E-state index in [1.807, 2.05) is 18.2 Å². The maximum absolute atomic E-state index is 11.9. The Hall–Kier alpha value is -2.00. The average Bonchev–Trinajstić information content (AvgIpc) is 2.92. The zero-order valence-corrected chi connectivity index (χ0v) is 12.4. The smallest absolute Gasteiger partial charge is 0.243 e. The van der Waals surface area contributed by atoms with Crippen molar-refractivity contribution in [2.24, 2.45) is 0 Å². The van der Waals surface area contributed by atoms with Crippen LogP contribution in [0.3, 0.4) is 0 Å². The van der Waals surface area contributed by atoms with Crippen LogP contribution in [0, 0.1) is 0 Å². The van der Waals surface area contributed by atoms with Crippen LogP contribution >= 0.6 is 11.6 Å². The fourth-order valence-corrected chi connectivity index (χ4v) is 2.83. The summed E-state index contributed by atoms with van der Waals surface area (Å²) in [6.07, 6.45) is 3.54. The summed E-state index contributed by atoms with van der Waals surface area (Å²) in [6, 6.07) is 13.5. The fraction of sp³-hybridized carbons (Fsp3) is 0.235. The molecule has 2 aromatic rings. The van der Waals surface area contributed by atoms with Crippen molar-refractivity contribution in [2.75, 3.05) is 17.2 Å². The molecule has 21 heavy (non-hydrogen) atoms. The average molecular weight is 301 g/mol.